The number of hydrogen-bond donors (Lipinski definition) is 1. The zero-order valence-electron chi connectivity index (χ0n) is 6.51. The molecule has 1 aromatic heterocycles. The molecule has 70 valence electrons. The third-order valence-electron chi connectivity index (χ3n) is 1.28. The van der Waals surface area contributed by atoms with Crippen LogP contribution in [-0.2, 0) is 0 Å². The highest BCUT2D eigenvalue weighted by Crippen LogP contribution is 2.34. The maximum Gasteiger partial charge on any atom is 0.349 e. The molecule has 0 atom stereocenters. The van der Waals surface area contributed by atoms with Gasteiger partial charge in [-0.3, -0.25) is 10.1 Å². The van der Waals surface area contributed by atoms with E-state index in [0.717, 1.165) is 6.07 Å². The fourth-order valence-electron chi connectivity index (χ4n) is 0.753. The van der Waals surface area contributed by atoms with Gasteiger partial charge in [-0.05, 0) is 0 Å². The molecule has 1 rings (SSSR count). The van der Waals surface area contributed by atoms with E-state index in [4.69, 9.17) is 5.11 Å². The van der Waals surface area contributed by atoms with Gasteiger partial charge < -0.3 is 9.84 Å². The topological polar surface area (TPSA) is 89.7 Å². The van der Waals surface area contributed by atoms with E-state index in [1.165, 1.54) is 7.11 Å². The molecule has 0 amide bonds. The monoisotopic (exact) mass is 203 g/mol. The summed E-state index contributed by atoms with van der Waals surface area (Å²) in [6, 6.07) is 1.09. The molecule has 1 aromatic rings. The first-order valence-corrected chi connectivity index (χ1v) is 3.93. The Kier molecular flexibility index (Phi) is 2.47. The third-order valence-corrected chi connectivity index (χ3v) is 2.34. The SMILES string of the molecule is COc1cc([N+](=O)[O-])sc1C(=O)O. The van der Waals surface area contributed by atoms with E-state index in [2.05, 4.69) is 4.74 Å². The normalized spacial score (nSPS) is 9.62. The Bertz CT molecular complexity index is 358. The second kappa shape index (κ2) is 3.40. The fourth-order valence-corrected chi connectivity index (χ4v) is 1.53. The van der Waals surface area contributed by atoms with Gasteiger partial charge in [-0.25, -0.2) is 4.79 Å². The number of nitrogens with zero attached hydrogens (tertiary/aromatic N) is 1. The van der Waals surface area contributed by atoms with Gasteiger partial charge >= 0.3 is 11.0 Å². The van der Waals surface area contributed by atoms with E-state index in [1.54, 1.807) is 0 Å². The van der Waals surface area contributed by atoms with E-state index in [0.29, 0.717) is 11.3 Å². The molecule has 13 heavy (non-hydrogen) atoms. The molecule has 0 fully saturated rings. The predicted molar refractivity (Wildman–Crippen MR) is 44.5 cm³/mol. The lowest BCUT2D eigenvalue weighted by atomic mass is 10.4. The maximum atomic E-state index is 10.5. The Hall–Kier alpha value is -1.63. The summed E-state index contributed by atoms with van der Waals surface area (Å²) in [5.41, 5.74) is 0. The minimum absolute atomic E-state index is 0.0178. The fraction of sp³-hybridized carbons (Fsp3) is 0.167. The van der Waals surface area contributed by atoms with Crippen LogP contribution in [0, 0.1) is 10.1 Å². The van der Waals surface area contributed by atoms with Crippen molar-refractivity contribution in [3.8, 4) is 5.75 Å². The van der Waals surface area contributed by atoms with Crippen molar-refractivity contribution >= 4 is 22.3 Å². The minimum Gasteiger partial charge on any atom is -0.495 e. The number of carbonyl (C=O) groups is 1. The molecular weight excluding hydrogens is 198 g/mol. The minimum atomic E-state index is -1.23. The van der Waals surface area contributed by atoms with Crippen LogP contribution in [0.3, 0.4) is 0 Å². The van der Waals surface area contributed by atoms with Crippen LogP contribution in [0.15, 0.2) is 6.07 Å². The average molecular weight is 203 g/mol. The van der Waals surface area contributed by atoms with Crippen LogP contribution in [0.5, 0.6) is 5.75 Å². The largest absolute Gasteiger partial charge is 0.495 e. The molecule has 0 bridgehead atoms. The highest BCUT2D eigenvalue weighted by atomic mass is 32.1. The van der Waals surface area contributed by atoms with Crippen molar-refractivity contribution in [2.75, 3.05) is 7.11 Å². The summed E-state index contributed by atoms with van der Waals surface area (Å²) in [5, 5.41) is 18.6. The van der Waals surface area contributed by atoms with Crippen molar-refractivity contribution in [3.63, 3.8) is 0 Å². The second-order valence-corrected chi connectivity index (χ2v) is 3.08. The van der Waals surface area contributed by atoms with Gasteiger partial charge in [0.25, 0.3) is 0 Å². The summed E-state index contributed by atoms with van der Waals surface area (Å²) in [6.45, 7) is 0. The molecule has 0 radical (unpaired) electrons. The Labute approximate surface area is 76.5 Å². The summed E-state index contributed by atoms with van der Waals surface area (Å²) >= 11 is 0.577. The molecule has 0 aliphatic rings. The van der Waals surface area contributed by atoms with Crippen LogP contribution >= 0.6 is 11.3 Å². The van der Waals surface area contributed by atoms with Gasteiger partial charge in [0.1, 0.15) is 0 Å². The number of aromatic carboxylic acids is 1. The molecule has 0 aliphatic carbocycles. The van der Waals surface area contributed by atoms with Crippen molar-refractivity contribution < 1.29 is 19.6 Å². The summed E-state index contributed by atoms with van der Waals surface area (Å²) in [4.78, 5) is 20.0. The summed E-state index contributed by atoms with van der Waals surface area (Å²) in [6.07, 6.45) is 0. The molecule has 0 aliphatic heterocycles. The first-order valence-electron chi connectivity index (χ1n) is 3.11. The lowest BCUT2D eigenvalue weighted by Crippen LogP contribution is -1.94. The van der Waals surface area contributed by atoms with Crippen molar-refractivity contribution in [1.29, 1.82) is 0 Å². The van der Waals surface area contributed by atoms with Crippen molar-refractivity contribution in [2.45, 2.75) is 0 Å². The second-order valence-electron chi connectivity index (χ2n) is 2.04. The van der Waals surface area contributed by atoms with Gasteiger partial charge in [0.15, 0.2) is 10.6 Å². The Balaban J connectivity index is 3.19. The van der Waals surface area contributed by atoms with Gasteiger partial charge in [-0.15, -0.1) is 0 Å². The predicted octanol–water partition coefficient (Wildman–Crippen LogP) is 1.36. The van der Waals surface area contributed by atoms with Crippen molar-refractivity contribution in [2.24, 2.45) is 0 Å². The quantitative estimate of drug-likeness (QED) is 0.591. The van der Waals surface area contributed by atoms with Crippen LogP contribution < -0.4 is 4.74 Å². The molecule has 0 saturated heterocycles. The number of nitro groups is 1. The van der Waals surface area contributed by atoms with Gasteiger partial charge in [0.2, 0.25) is 0 Å². The molecule has 0 spiro atoms. The first kappa shape index (κ1) is 9.46. The average Bonchev–Trinajstić information content (AvgIpc) is 2.47. The number of thiophene rings is 1. The molecule has 1 heterocycles. The number of ether oxygens (including phenoxy) is 1. The molecule has 0 saturated carbocycles. The lowest BCUT2D eigenvalue weighted by molar-refractivity contribution is -0.380. The summed E-state index contributed by atoms with van der Waals surface area (Å²) in [7, 11) is 1.26. The number of hydrogen-bond acceptors (Lipinski definition) is 5. The standard InChI is InChI=1S/C6H5NO5S/c1-12-3-2-4(7(10)11)13-5(3)6(8)9/h2H,1H3,(H,8,9). The van der Waals surface area contributed by atoms with Gasteiger partial charge in [0, 0.05) is 0 Å². The molecule has 7 heteroatoms. The zero-order valence-corrected chi connectivity index (χ0v) is 7.33. The number of carboxylic acids is 1. The van der Waals surface area contributed by atoms with E-state index in [1.807, 2.05) is 0 Å². The zero-order chi connectivity index (χ0) is 10.0. The molecular formula is C6H5NO5S. The van der Waals surface area contributed by atoms with Crippen LogP contribution in [0.1, 0.15) is 9.67 Å². The van der Waals surface area contributed by atoms with Gasteiger partial charge in [-0.1, -0.05) is 11.3 Å². The van der Waals surface area contributed by atoms with E-state index >= 15 is 0 Å². The smallest absolute Gasteiger partial charge is 0.349 e. The molecule has 1 N–H and O–H groups in total. The maximum absolute atomic E-state index is 10.5. The van der Waals surface area contributed by atoms with Crippen LogP contribution in [0.2, 0.25) is 0 Å². The van der Waals surface area contributed by atoms with Gasteiger partial charge in [0.05, 0.1) is 18.1 Å². The van der Waals surface area contributed by atoms with E-state index in [-0.39, 0.29) is 15.6 Å². The number of rotatable bonds is 3. The summed E-state index contributed by atoms with van der Waals surface area (Å²) < 4.78 is 4.66. The Morgan fingerprint density at radius 3 is 2.69 bits per heavy atom. The van der Waals surface area contributed by atoms with E-state index in [9.17, 15) is 14.9 Å². The van der Waals surface area contributed by atoms with Crippen LogP contribution in [0.25, 0.3) is 0 Å². The van der Waals surface area contributed by atoms with Crippen molar-refractivity contribution in [1.82, 2.24) is 0 Å². The molecule has 0 unspecified atom stereocenters. The third kappa shape index (κ3) is 1.75. The lowest BCUT2D eigenvalue weighted by Gasteiger charge is -1.93. The van der Waals surface area contributed by atoms with E-state index < -0.39 is 10.9 Å². The Morgan fingerprint density at radius 1 is 1.77 bits per heavy atom. The molecule has 6 nitrogen and oxygen atoms in total. The summed E-state index contributed by atoms with van der Waals surface area (Å²) in [5.74, 6) is -1.21. The van der Waals surface area contributed by atoms with Crippen molar-refractivity contribution in [3.05, 3.63) is 21.1 Å². The highest BCUT2D eigenvalue weighted by molar-refractivity contribution is 7.17. The highest BCUT2D eigenvalue weighted by Gasteiger charge is 2.21. The Morgan fingerprint density at radius 2 is 2.38 bits per heavy atom. The molecule has 0 aromatic carbocycles. The first-order chi connectivity index (χ1) is 6.06. The van der Waals surface area contributed by atoms with Crippen LogP contribution in [0.4, 0.5) is 5.00 Å². The van der Waals surface area contributed by atoms with Gasteiger partial charge in [-0.2, -0.15) is 0 Å². The number of methoxy groups -OCH3 is 1. The number of carboxylic acid groups (broad SMARTS) is 1. The van der Waals surface area contributed by atoms with Crippen LogP contribution in [-0.4, -0.2) is 23.1 Å².